The average Bonchev–Trinajstić information content (AvgIpc) is 2.75. The molecule has 0 bridgehead atoms. The van der Waals surface area contributed by atoms with Crippen molar-refractivity contribution in [3.8, 4) is 0 Å². The second-order valence-corrected chi connectivity index (χ2v) is 4.79. The summed E-state index contributed by atoms with van der Waals surface area (Å²) in [6.45, 7) is 3.95. The Morgan fingerprint density at radius 2 is 2.28 bits per heavy atom. The fraction of sp³-hybridized carbons (Fsp3) is 0.750. The van der Waals surface area contributed by atoms with E-state index < -0.39 is 23.6 Å². The van der Waals surface area contributed by atoms with Gasteiger partial charge in [-0.1, -0.05) is 0 Å². The summed E-state index contributed by atoms with van der Waals surface area (Å²) in [5, 5.41) is 0. The van der Waals surface area contributed by atoms with Gasteiger partial charge in [-0.3, -0.25) is 9.59 Å². The minimum Gasteiger partial charge on any atom is -0.466 e. The zero-order valence-corrected chi connectivity index (χ0v) is 10.6. The fourth-order valence-electron chi connectivity index (χ4n) is 2.49. The lowest BCUT2D eigenvalue weighted by molar-refractivity contribution is -0.191. The van der Waals surface area contributed by atoms with E-state index in [-0.39, 0.29) is 18.9 Å². The van der Waals surface area contributed by atoms with E-state index in [1.165, 1.54) is 11.8 Å². The topological polar surface area (TPSA) is 72.9 Å². The van der Waals surface area contributed by atoms with Gasteiger partial charge in [-0.2, -0.15) is 0 Å². The molecule has 6 nitrogen and oxygen atoms in total. The quantitative estimate of drug-likeness (QED) is 0.676. The molecule has 1 amide bonds. The Labute approximate surface area is 105 Å². The maximum absolute atomic E-state index is 12.3. The number of esters is 2. The van der Waals surface area contributed by atoms with Crippen molar-refractivity contribution < 1.29 is 23.9 Å². The van der Waals surface area contributed by atoms with Crippen molar-refractivity contribution in [2.45, 2.75) is 44.8 Å². The normalized spacial score (nSPS) is 31.0. The van der Waals surface area contributed by atoms with Crippen molar-refractivity contribution in [1.82, 2.24) is 4.90 Å². The van der Waals surface area contributed by atoms with E-state index in [4.69, 9.17) is 9.47 Å². The Bertz CT molecular complexity index is 394. The predicted octanol–water partition coefficient (Wildman–Crippen LogP) is 0.246. The molecule has 2 rings (SSSR count). The minimum absolute atomic E-state index is 0.228. The van der Waals surface area contributed by atoms with E-state index in [2.05, 4.69) is 0 Å². The van der Waals surface area contributed by atoms with Gasteiger partial charge >= 0.3 is 11.9 Å². The lowest BCUT2D eigenvalue weighted by Crippen LogP contribution is -2.60. The van der Waals surface area contributed by atoms with Crippen molar-refractivity contribution >= 4 is 17.8 Å². The predicted molar refractivity (Wildman–Crippen MR) is 60.5 cm³/mol. The Morgan fingerprint density at radius 3 is 2.94 bits per heavy atom. The molecular formula is C12H17NO5. The molecule has 18 heavy (non-hydrogen) atoms. The summed E-state index contributed by atoms with van der Waals surface area (Å²) in [4.78, 5) is 37.1. The van der Waals surface area contributed by atoms with Crippen molar-refractivity contribution in [3.63, 3.8) is 0 Å². The van der Waals surface area contributed by atoms with Crippen molar-refractivity contribution in [3.05, 3.63) is 0 Å². The summed E-state index contributed by atoms with van der Waals surface area (Å²) in [5.74, 6) is -1.24. The monoisotopic (exact) mass is 255 g/mol. The van der Waals surface area contributed by atoms with Gasteiger partial charge < -0.3 is 14.4 Å². The molecule has 0 radical (unpaired) electrons. The molecule has 0 aromatic heterocycles. The van der Waals surface area contributed by atoms with Crippen LogP contribution in [-0.4, -0.2) is 47.5 Å². The molecule has 0 N–H and O–H groups in total. The van der Waals surface area contributed by atoms with Crippen molar-refractivity contribution in [2.75, 3.05) is 13.2 Å². The number of nitrogens with zero attached hydrogens (tertiary/aromatic N) is 1. The molecule has 0 aromatic carbocycles. The highest BCUT2D eigenvalue weighted by molar-refractivity contribution is 5.98. The number of morpholine rings is 1. The van der Waals surface area contributed by atoms with E-state index in [1.54, 1.807) is 6.92 Å². The maximum atomic E-state index is 12.3. The number of hydrogen-bond donors (Lipinski definition) is 0. The average molecular weight is 255 g/mol. The van der Waals surface area contributed by atoms with Gasteiger partial charge in [-0.15, -0.1) is 0 Å². The Morgan fingerprint density at radius 1 is 1.56 bits per heavy atom. The smallest absolute Gasteiger partial charge is 0.329 e. The standard InChI is InChI=1S/C12H17NO5/c1-3-17-9(14)7-12(2)11(16)13-6-4-5-8(13)10(15)18-12/h8H,3-7H2,1-2H3/t8-,12+/m0/s1. The molecule has 0 unspecified atom stereocenters. The van der Waals surface area contributed by atoms with Crippen LogP contribution in [0.25, 0.3) is 0 Å². The van der Waals surface area contributed by atoms with Crippen LogP contribution in [0.4, 0.5) is 0 Å². The summed E-state index contributed by atoms with van der Waals surface area (Å²) < 4.78 is 9.99. The van der Waals surface area contributed by atoms with Gasteiger partial charge in [0.2, 0.25) is 0 Å². The van der Waals surface area contributed by atoms with Crippen LogP contribution >= 0.6 is 0 Å². The van der Waals surface area contributed by atoms with Gasteiger partial charge in [-0.25, -0.2) is 4.79 Å². The van der Waals surface area contributed by atoms with E-state index >= 15 is 0 Å². The van der Waals surface area contributed by atoms with E-state index in [1.807, 2.05) is 0 Å². The van der Waals surface area contributed by atoms with Crippen LogP contribution in [0.5, 0.6) is 0 Å². The Balaban J connectivity index is 2.14. The molecule has 0 aliphatic carbocycles. The van der Waals surface area contributed by atoms with E-state index in [0.717, 1.165) is 6.42 Å². The van der Waals surface area contributed by atoms with Gasteiger partial charge in [0.05, 0.1) is 13.0 Å². The van der Waals surface area contributed by atoms with Crippen LogP contribution in [0.1, 0.15) is 33.1 Å². The molecule has 100 valence electrons. The van der Waals surface area contributed by atoms with Crippen LogP contribution in [0.3, 0.4) is 0 Å². The first kappa shape index (κ1) is 12.9. The first-order chi connectivity index (χ1) is 8.48. The molecule has 6 heteroatoms. The van der Waals surface area contributed by atoms with Gasteiger partial charge in [0.25, 0.3) is 5.91 Å². The van der Waals surface area contributed by atoms with E-state index in [9.17, 15) is 14.4 Å². The number of carbonyl (C=O) groups excluding carboxylic acids is 3. The third-order valence-electron chi connectivity index (χ3n) is 3.35. The van der Waals surface area contributed by atoms with Crippen LogP contribution in [-0.2, 0) is 23.9 Å². The first-order valence-corrected chi connectivity index (χ1v) is 6.17. The number of amides is 1. The van der Waals surface area contributed by atoms with Crippen LogP contribution in [0.15, 0.2) is 0 Å². The maximum Gasteiger partial charge on any atom is 0.329 e. The highest BCUT2D eigenvalue weighted by atomic mass is 16.6. The molecule has 0 aromatic rings. The number of carbonyl (C=O) groups is 3. The fourth-order valence-corrected chi connectivity index (χ4v) is 2.49. The molecular weight excluding hydrogens is 238 g/mol. The summed E-state index contributed by atoms with van der Waals surface area (Å²) in [6.07, 6.45) is 1.20. The Hall–Kier alpha value is -1.59. The zero-order chi connectivity index (χ0) is 13.3. The number of hydrogen-bond acceptors (Lipinski definition) is 5. The Kier molecular flexibility index (Phi) is 3.28. The number of cyclic esters (lactones) is 1. The third-order valence-corrected chi connectivity index (χ3v) is 3.35. The van der Waals surface area contributed by atoms with Crippen LogP contribution in [0.2, 0.25) is 0 Å². The molecule has 2 atom stereocenters. The molecule has 2 saturated heterocycles. The van der Waals surface area contributed by atoms with Crippen LogP contribution < -0.4 is 0 Å². The lowest BCUT2D eigenvalue weighted by atomic mass is 9.97. The molecule has 2 aliphatic rings. The van der Waals surface area contributed by atoms with Crippen molar-refractivity contribution in [1.29, 1.82) is 0 Å². The van der Waals surface area contributed by atoms with Gasteiger partial charge in [0.15, 0.2) is 5.60 Å². The SMILES string of the molecule is CCOC(=O)C[C@@]1(C)OC(=O)[C@@H]2CCCN2C1=O. The molecule has 0 spiro atoms. The van der Waals surface area contributed by atoms with Crippen LogP contribution in [0, 0.1) is 0 Å². The summed E-state index contributed by atoms with van der Waals surface area (Å²) in [5.41, 5.74) is -1.41. The first-order valence-electron chi connectivity index (χ1n) is 6.17. The molecule has 2 heterocycles. The van der Waals surface area contributed by atoms with Gasteiger partial charge in [-0.05, 0) is 26.7 Å². The third kappa shape index (κ3) is 2.07. The lowest BCUT2D eigenvalue weighted by Gasteiger charge is -2.39. The zero-order valence-electron chi connectivity index (χ0n) is 10.6. The second kappa shape index (κ2) is 4.59. The van der Waals surface area contributed by atoms with Gasteiger partial charge in [0.1, 0.15) is 6.04 Å². The second-order valence-electron chi connectivity index (χ2n) is 4.79. The van der Waals surface area contributed by atoms with Gasteiger partial charge in [0, 0.05) is 6.54 Å². The largest absolute Gasteiger partial charge is 0.466 e. The van der Waals surface area contributed by atoms with Crippen molar-refractivity contribution in [2.24, 2.45) is 0 Å². The molecule has 2 fully saturated rings. The van der Waals surface area contributed by atoms with E-state index in [0.29, 0.717) is 13.0 Å². The number of rotatable bonds is 3. The minimum atomic E-state index is -1.41. The molecule has 2 aliphatic heterocycles. The summed E-state index contributed by atoms with van der Waals surface area (Å²) in [6, 6.07) is -0.465. The highest BCUT2D eigenvalue weighted by Crippen LogP contribution is 2.32. The summed E-state index contributed by atoms with van der Waals surface area (Å²) >= 11 is 0. The number of fused-ring (bicyclic) bond motifs is 1. The number of ether oxygens (including phenoxy) is 2. The summed E-state index contributed by atoms with van der Waals surface area (Å²) in [7, 11) is 0. The highest BCUT2D eigenvalue weighted by Gasteiger charge is 2.52. The molecule has 0 saturated carbocycles.